The summed E-state index contributed by atoms with van der Waals surface area (Å²) in [5.74, 6) is -0.245. The molecule has 2 unspecified atom stereocenters. The van der Waals surface area contributed by atoms with Crippen molar-refractivity contribution in [2.45, 2.75) is 44.7 Å². The Morgan fingerprint density at radius 2 is 1.86 bits per heavy atom. The second-order valence-corrected chi connectivity index (χ2v) is 6.25. The molecule has 2 N–H and O–H groups in total. The Morgan fingerprint density at radius 3 is 2.59 bits per heavy atom. The minimum Gasteiger partial charge on any atom is -0.478 e. The van der Waals surface area contributed by atoms with Gasteiger partial charge in [-0.2, -0.15) is 0 Å². The molecule has 0 bridgehead atoms. The van der Waals surface area contributed by atoms with Crippen LogP contribution in [-0.4, -0.2) is 34.6 Å². The first-order valence-electron chi connectivity index (χ1n) is 8.02. The van der Waals surface area contributed by atoms with Gasteiger partial charge in [0, 0.05) is 19.1 Å². The molecule has 1 aromatic rings. The van der Waals surface area contributed by atoms with Crippen molar-refractivity contribution in [3.63, 3.8) is 0 Å². The molecule has 1 heterocycles. The van der Waals surface area contributed by atoms with Gasteiger partial charge in [0.1, 0.15) is 0 Å². The highest BCUT2D eigenvalue weighted by molar-refractivity contribution is 5.87. The van der Waals surface area contributed by atoms with Gasteiger partial charge >= 0.3 is 12.0 Å². The number of piperidine rings is 1. The van der Waals surface area contributed by atoms with Gasteiger partial charge in [-0.15, -0.1) is 0 Å². The molecular weight excluding hydrogens is 280 g/mol. The van der Waals surface area contributed by atoms with E-state index < -0.39 is 5.97 Å². The molecule has 22 heavy (non-hydrogen) atoms. The zero-order valence-electron chi connectivity index (χ0n) is 12.6. The maximum Gasteiger partial charge on any atom is 0.335 e. The number of nitrogens with zero attached hydrogens (tertiary/aromatic N) is 1. The number of benzene rings is 1. The number of hydrogen-bond acceptors (Lipinski definition) is 2. The number of carboxylic acid groups (broad SMARTS) is 1. The van der Waals surface area contributed by atoms with Crippen molar-refractivity contribution in [2.75, 3.05) is 6.54 Å². The van der Waals surface area contributed by atoms with Crippen molar-refractivity contribution in [3.8, 4) is 0 Å². The van der Waals surface area contributed by atoms with E-state index in [2.05, 4.69) is 5.32 Å². The van der Waals surface area contributed by atoms with E-state index in [0.29, 0.717) is 18.5 Å². The summed E-state index contributed by atoms with van der Waals surface area (Å²) in [5.41, 5.74) is 1.18. The van der Waals surface area contributed by atoms with Crippen LogP contribution in [0.2, 0.25) is 0 Å². The van der Waals surface area contributed by atoms with Crippen LogP contribution in [0, 0.1) is 5.92 Å². The van der Waals surface area contributed by atoms with Crippen LogP contribution in [0.25, 0.3) is 0 Å². The van der Waals surface area contributed by atoms with Crippen molar-refractivity contribution in [3.05, 3.63) is 35.4 Å². The third-order valence-electron chi connectivity index (χ3n) is 4.90. The maximum atomic E-state index is 12.4. The van der Waals surface area contributed by atoms with E-state index in [1.54, 1.807) is 24.3 Å². The fourth-order valence-electron chi connectivity index (χ4n) is 3.75. The molecule has 5 heteroatoms. The first kappa shape index (κ1) is 14.9. The van der Waals surface area contributed by atoms with Crippen LogP contribution in [0.5, 0.6) is 0 Å². The van der Waals surface area contributed by atoms with Gasteiger partial charge in [0.15, 0.2) is 0 Å². The molecule has 1 saturated heterocycles. The topological polar surface area (TPSA) is 69.6 Å². The highest BCUT2D eigenvalue weighted by Crippen LogP contribution is 2.36. The van der Waals surface area contributed by atoms with Gasteiger partial charge in [0.25, 0.3) is 0 Å². The van der Waals surface area contributed by atoms with E-state index >= 15 is 0 Å². The van der Waals surface area contributed by atoms with Crippen LogP contribution in [0.4, 0.5) is 4.79 Å². The molecule has 2 fully saturated rings. The van der Waals surface area contributed by atoms with E-state index in [9.17, 15) is 9.59 Å². The van der Waals surface area contributed by atoms with Gasteiger partial charge in [-0.05, 0) is 49.3 Å². The maximum absolute atomic E-state index is 12.4. The molecule has 1 aliphatic carbocycles. The number of nitrogens with one attached hydrogen (secondary N) is 1. The van der Waals surface area contributed by atoms with Gasteiger partial charge in [-0.3, -0.25) is 0 Å². The monoisotopic (exact) mass is 302 g/mol. The van der Waals surface area contributed by atoms with Crippen LogP contribution < -0.4 is 5.32 Å². The van der Waals surface area contributed by atoms with E-state index in [0.717, 1.165) is 24.9 Å². The SMILES string of the molecule is O=C(O)c1ccc(CNC(=O)N2CCCC3CCCC32)cc1. The lowest BCUT2D eigenvalue weighted by Gasteiger charge is -2.37. The largest absolute Gasteiger partial charge is 0.478 e. The molecule has 0 aromatic heterocycles. The zero-order valence-corrected chi connectivity index (χ0v) is 12.6. The summed E-state index contributed by atoms with van der Waals surface area (Å²) in [6.45, 7) is 1.29. The minimum absolute atomic E-state index is 0.0129. The lowest BCUT2D eigenvalue weighted by Crippen LogP contribution is -2.50. The number of carboxylic acids is 1. The van der Waals surface area contributed by atoms with E-state index in [4.69, 9.17) is 5.11 Å². The molecular formula is C17H22N2O3. The number of amides is 2. The summed E-state index contributed by atoms with van der Waals surface area (Å²) in [4.78, 5) is 25.2. The minimum atomic E-state index is -0.934. The lowest BCUT2D eigenvalue weighted by atomic mass is 9.92. The number of aromatic carboxylic acids is 1. The van der Waals surface area contributed by atoms with Crippen molar-refractivity contribution >= 4 is 12.0 Å². The summed E-state index contributed by atoms with van der Waals surface area (Å²) in [7, 11) is 0. The molecule has 0 spiro atoms. The highest BCUT2D eigenvalue weighted by atomic mass is 16.4. The van der Waals surface area contributed by atoms with Crippen LogP contribution in [0.3, 0.4) is 0 Å². The second kappa shape index (κ2) is 6.38. The zero-order chi connectivity index (χ0) is 15.5. The van der Waals surface area contributed by atoms with Crippen LogP contribution in [0.15, 0.2) is 24.3 Å². The summed E-state index contributed by atoms with van der Waals surface area (Å²) in [6.07, 6.45) is 5.97. The third-order valence-corrected chi connectivity index (χ3v) is 4.90. The number of hydrogen-bond donors (Lipinski definition) is 2. The van der Waals surface area contributed by atoms with Crippen molar-refractivity contribution < 1.29 is 14.7 Å². The van der Waals surface area contributed by atoms with Crippen molar-refractivity contribution in [1.82, 2.24) is 10.2 Å². The Labute approximate surface area is 130 Å². The van der Waals surface area contributed by atoms with Crippen LogP contribution in [-0.2, 0) is 6.54 Å². The van der Waals surface area contributed by atoms with E-state index in [-0.39, 0.29) is 11.6 Å². The average Bonchev–Trinajstić information content (AvgIpc) is 3.01. The van der Waals surface area contributed by atoms with Gasteiger partial charge in [-0.1, -0.05) is 18.6 Å². The Bertz CT molecular complexity index is 556. The fourth-order valence-corrected chi connectivity index (χ4v) is 3.75. The second-order valence-electron chi connectivity index (χ2n) is 6.25. The third kappa shape index (κ3) is 3.08. The Hall–Kier alpha value is -2.04. The van der Waals surface area contributed by atoms with Gasteiger partial charge in [-0.25, -0.2) is 9.59 Å². The van der Waals surface area contributed by atoms with E-state index in [1.807, 2.05) is 4.90 Å². The molecule has 1 saturated carbocycles. The van der Waals surface area contributed by atoms with Gasteiger partial charge in [0.2, 0.25) is 0 Å². The summed E-state index contributed by atoms with van der Waals surface area (Å²) in [5, 5.41) is 11.8. The number of rotatable bonds is 3. The molecule has 2 amide bonds. The number of urea groups is 1. The normalized spacial score (nSPS) is 23.9. The predicted octanol–water partition coefficient (Wildman–Crippen LogP) is 2.86. The number of fused-ring (bicyclic) bond motifs is 1. The quantitative estimate of drug-likeness (QED) is 0.902. The summed E-state index contributed by atoms with van der Waals surface area (Å²) in [6, 6.07) is 7.06. The average molecular weight is 302 g/mol. The summed E-state index contributed by atoms with van der Waals surface area (Å²) >= 11 is 0. The van der Waals surface area contributed by atoms with E-state index in [1.165, 1.54) is 19.3 Å². The first-order valence-corrected chi connectivity index (χ1v) is 8.02. The molecule has 118 valence electrons. The smallest absolute Gasteiger partial charge is 0.335 e. The van der Waals surface area contributed by atoms with Crippen molar-refractivity contribution in [2.24, 2.45) is 5.92 Å². The Morgan fingerprint density at radius 1 is 1.14 bits per heavy atom. The Balaban J connectivity index is 1.56. The van der Waals surface area contributed by atoms with Crippen molar-refractivity contribution in [1.29, 1.82) is 0 Å². The highest BCUT2D eigenvalue weighted by Gasteiger charge is 2.37. The van der Waals surface area contributed by atoms with Gasteiger partial charge in [0.05, 0.1) is 5.56 Å². The number of carbonyl (C=O) groups excluding carboxylic acids is 1. The molecule has 3 rings (SSSR count). The van der Waals surface area contributed by atoms with Gasteiger partial charge < -0.3 is 15.3 Å². The number of carbonyl (C=O) groups is 2. The molecule has 2 atom stereocenters. The summed E-state index contributed by atoms with van der Waals surface area (Å²) < 4.78 is 0. The Kier molecular flexibility index (Phi) is 4.32. The molecule has 2 aliphatic rings. The van der Waals surface area contributed by atoms with Crippen LogP contribution >= 0.6 is 0 Å². The molecule has 0 radical (unpaired) electrons. The molecule has 5 nitrogen and oxygen atoms in total. The lowest BCUT2D eigenvalue weighted by molar-refractivity contribution is 0.0697. The molecule has 1 aliphatic heterocycles. The first-order chi connectivity index (χ1) is 10.6. The van der Waals surface area contributed by atoms with Crippen LogP contribution in [0.1, 0.15) is 48.0 Å². The fraction of sp³-hybridized carbons (Fsp3) is 0.529. The molecule has 1 aromatic carbocycles. The number of likely N-dealkylation sites (tertiary alicyclic amines) is 1. The standard InChI is InChI=1S/C17H22N2O3/c20-16(21)14-8-6-12(7-9-14)11-18-17(22)19-10-2-4-13-3-1-5-15(13)19/h6-9,13,15H,1-5,10-11H2,(H,18,22)(H,20,21). The predicted molar refractivity (Wildman–Crippen MR) is 82.7 cm³/mol.